The summed E-state index contributed by atoms with van der Waals surface area (Å²) in [6.07, 6.45) is -0.860. The predicted octanol–water partition coefficient (Wildman–Crippen LogP) is 1.87. The SMILES string of the molecule is COC(=O)c1cc(C[C@@H](NC(=O)OC(C)(C)C)C(=O)OC)cc(C(=O)OC)c1. The highest BCUT2D eigenvalue weighted by Crippen LogP contribution is 2.16. The van der Waals surface area contributed by atoms with Crippen LogP contribution in [0.1, 0.15) is 47.1 Å². The third kappa shape index (κ3) is 6.90. The Morgan fingerprint density at radius 3 is 1.79 bits per heavy atom. The monoisotopic (exact) mass is 395 g/mol. The Hall–Kier alpha value is -3.10. The number of benzene rings is 1. The second-order valence-corrected chi connectivity index (χ2v) is 6.83. The van der Waals surface area contributed by atoms with Gasteiger partial charge in [-0.15, -0.1) is 0 Å². The lowest BCUT2D eigenvalue weighted by atomic mass is 10.00. The van der Waals surface area contributed by atoms with Crippen LogP contribution < -0.4 is 5.32 Å². The first-order chi connectivity index (χ1) is 13.0. The largest absolute Gasteiger partial charge is 0.467 e. The van der Waals surface area contributed by atoms with Crippen LogP contribution in [0.3, 0.4) is 0 Å². The zero-order valence-electron chi connectivity index (χ0n) is 16.8. The van der Waals surface area contributed by atoms with Crippen LogP contribution in [0.5, 0.6) is 0 Å². The minimum Gasteiger partial charge on any atom is -0.467 e. The number of amides is 1. The highest BCUT2D eigenvalue weighted by molar-refractivity contribution is 5.95. The van der Waals surface area contributed by atoms with E-state index in [1.165, 1.54) is 39.5 Å². The van der Waals surface area contributed by atoms with Crippen molar-refractivity contribution >= 4 is 24.0 Å². The fourth-order valence-electron chi connectivity index (χ4n) is 2.30. The van der Waals surface area contributed by atoms with Crippen molar-refractivity contribution in [2.45, 2.75) is 38.8 Å². The molecule has 0 aliphatic heterocycles. The molecule has 0 saturated heterocycles. The summed E-state index contributed by atoms with van der Waals surface area (Å²) in [5, 5.41) is 2.43. The molecule has 1 aromatic carbocycles. The Balaban J connectivity index is 3.19. The molecule has 0 aromatic heterocycles. The molecule has 1 aromatic rings. The van der Waals surface area contributed by atoms with Gasteiger partial charge in [0.1, 0.15) is 11.6 Å². The first-order valence-corrected chi connectivity index (χ1v) is 8.38. The van der Waals surface area contributed by atoms with Crippen LogP contribution in [-0.4, -0.2) is 57.0 Å². The van der Waals surface area contributed by atoms with Crippen LogP contribution in [-0.2, 0) is 30.2 Å². The maximum atomic E-state index is 12.1. The van der Waals surface area contributed by atoms with Crippen molar-refractivity contribution in [3.8, 4) is 0 Å². The number of hydrogen-bond donors (Lipinski definition) is 1. The van der Waals surface area contributed by atoms with Gasteiger partial charge in [0.05, 0.1) is 32.5 Å². The van der Waals surface area contributed by atoms with Gasteiger partial charge in [-0.25, -0.2) is 19.2 Å². The first kappa shape index (κ1) is 22.9. The minimum atomic E-state index is -1.10. The van der Waals surface area contributed by atoms with E-state index in [4.69, 9.17) is 9.47 Å². The molecular weight excluding hydrogens is 370 g/mol. The average molecular weight is 395 g/mol. The average Bonchev–Trinajstić information content (AvgIpc) is 2.63. The van der Waals surface area contributed by atoms with Crippen LogP contribution in [0.15, 0.2) is 18.2 Å². The van der Waals surface area contributed by atoms with E-state index in [0.29, 0.717) is 5.56 Å². The number of alkyl carbamates (subject to hydrolysis) is 1. The summed E-state index contributed by atoms with van der Waals surface area (Å²) in [6, 6.07) is 3.12. The molecular formula is C19H25NO8. The molecule has 0 heterocycles. The number of carbonyl (C=O) groups excluding carboxylic acids is 4. The summed E-state index contributed by atoms with van der Waals surface area (Å²) in [7, 11) is 3.58. The van der Waals surface area contributed by atoms with Crippen molar-refractivity contribution in [3.05, 3.63) is 34.9 Å². The van der Waals surface area contributed by atoms with E-state index in [-0.39, 0.29) is 17.5 Å². The minimum absolute atomic E-state index is 0.0548. The Bertz CT molecular complexity index is 717. The molecule has 1 rings (SSSR count). The Morgan fingerprint density at radius 1 is 0.893 bits per heavy atom. The van der Waals surface area contributed by atoms with Gasteiger partial charge in [-0.05, 0) is 44.5 Å². The van der Waals surface area contributed by atoms with Crippen LogP contribution in [0, 0.1) is 0 Å². The Kier molecular flexibility index (Phi) is 7.97. The number of carbonyl (C=O) groups is 4. The highest BCUT2D eigenvalue weighted by atomic mass is 16.6. The van der Waals surface area contributed by atoms with Crippen LogP contribution in [0.25, 0.3) is 0 Å². The van der Waals surface area contributed by atoms with E-state index < -0.39 is 35.6 Å². The third-order valence-corrected chi connectivity index (χ3v) is 3.45. The van der Waals surface area contributed by atoms with Gasteiger partial charge in [0.25, 0.3) is 0 Å². The molecule has 9 nitrogen and oxygen atoms in total. The summed E-state index contributed by atoms with van der Waals surface area (Å²) in [5.41, 5.74) is -0.148. The molecule has 0 fully saturated rings. The third-order valence-electron chi connectivity index (χ3n) is 3.45. The fraction of sp³-hybridized carbons (Fsp3) is 0.474. The van der Waals surface area contributed by atoms with Crippen molar-refractivity contribution in [2.75, 3.05) is 21.3 Å². The van der Waals surface area contributed by atoms with Gasteiger partial charge < -0.3 is 24.3 Å². The smallest absolute Gasteiger partial charge is 0.408 e. The van der Waals surface area contributed by atoms with Crippen LogP contribution in [0.2, 0.25) is 0 Å². The zero-order chi connectivity index (χ0) is 21.5. The zero-order valence-corrected chi connectivity index (χ0v) is 16.8. The van der Waals surface area contributed by atoms with Gasteiger partial charge in [-0.1, -0.05) is 0 Å². The second-order valence-electron chi connectivity index (χ2n) is 6.83. The summed E-state index contributed by atoms with van der Waals surface area (Å²) in [6.45, 7) is 5.05. The summed E-state index contributed by atoms with van der Waals surface area (Å²) >= 11 is 0. The van der Waals surface area contributed by atoms with Gasteiger partial charge in [-0.2, -0.15) is 0 Å². The molecule has 1 N–H and O–H groups in total. The molecule has 1 amide bonds. The summed E-state index contributed by atoms with van der Waals surface area (Å²) in [4.78, 5) is 47.9. The number of ether oxygens (including phenoxy) is 4. The maximum absolute atomic E-state index is 12.1. The van der Waals surface area contributed by atoms with Gasteiger partial charge in [0.15, 0.2) is 0 Å². The lowest BCUT2D eigenvalue weighted by Crippen LogP contribution is -2.45. The van der Waals surface area contributed by atoms with Crippen LogP contribution >= 0.6 is 0 Å². The standard InChI is InChI=1S/C19H25NO8/c1-19(2,3)28-18(24)20-14(17(23)27-6)9-11-7-12(15(21)25-4)10-13(8-11)16(22)26-5/h7-8,10,14H,9H2,1-6H3,(H,20,24)/t14-/m1/s1. The summed E-state index contributed by atoms with van der Waals surface area (Å²) < 4.78 is 19.2. The van der Waals surface area contributed by atoms with E-state index in [9.17, 15) is 19.2 Å². The van der Waals surface area contributed by atoms with Crippen molar-refractivity contribution in [1.82, 2.24) is 5.32 Å². The van der Waals surface area contributed by atoms with Gasteiger partial charge in [0, 0.05) is 6.42 Å². The molecule has 1 atom stereocenters. The molecule has 154 valence electrons. The topological polar surface area (TPSA) is 117 Å². The number of hydrogen-bond acceptors (Lipinski definition) is 8. The molecule has 0 bridgehead atoms. The highest BCUT2D eigenvalue weighted by Gasteiger charge is 2.26. The predicted molar refractivity (Wildman–Crippen MR) is 98.0 cm³/mol. The van der Waals surface area contributed by atoms with Gasteiger partial charge in [-0.3, -0.25) is 0 Å². The maximum Gasteiger partial charge on any atom is 0.408 e. The fourth-order valence-corrected chi connectivity index (χ4v) is 2.30. The van der Waals surface area contributed by atoms with Crippen molar-refractivity contribution in [1.29, 1.82) is 0 Å². The molecule has 0 aliphatic carbocycles. The molecule has 9 heteroatoms. The molecule has 0 radical (unpaired) electrons. The normalized spacial score (nSPS) is 11.8. The molecule has 0 unspecified atom stereocenters. The van der Waals surface area contributed by atoms with E-state index in [0.717, 1.165) is 0 Å². The van der Waals surface area contributed by atoms with Crippen molar-refractivity contribution < 1.29 is 38.1 Å². The molecule has 0 spiro atoms. The quantitative estimate of drug-likeness (QED) is 0.573. The van der Waals surface area contributed by atoms with E-state index in [1.807, 2.05) is 0 Å². The number of esters is 3. The van der Waals surface area contributed by atoms with Crippen molar-refractivity contribution in [2.24, 2.45) is 0 Å². The van der Waals surface area contributed by atoms with Crippen LogP contribution in [0.4, 0.5) is 4.79 Å². The number of rotatable bonds is 6. The first-order valence-electron chi connectivity index (χ1n) is 8.38. The number of methoxy groups -OCH3 is 3. The Morgan fingerprint density at radius 2 is 1.39 bits per heavy atom. The molecule has 0 aliphatic rings. The number of nitrogens with one attached hydrogen (secondary N) is 1. The van der Waals surface area contributed by atoms with Crippen molar-refractivity contribution in [3.63, 3.8) is 0 Å². The lowest BCUT2D eigenvalue weighted by molar-refractivity contribution is -0.143. The molecule has 28 heavy (non-hydrogen) atoms. The van der Waals surface area contributed by atoms with Gasteiger partial charge in [0.2, 0.25) is 0 Å². The summed E-state index contributed by atoms with van der Waals surface area (Å²) in [5.74, 6) is -2.04. The van der Waals surface area contributed by atoms with E-state index >= 15 is 0 Å². The second kappa shape index (κ2) is 9.72. The Labute approximate surface area is 163 Å². The molecule has 0 saturated carbocycles. The lowest BCUT2D eigenvalue weighted by Gasteiger charge is -2.22. The van der Waals surface area contributed by atoms with E-state index in [1.54, 1.807) is 20.8 Å². The van der Waals surface area contributed by atoms with Gasteiger partial charge >= 0.3 is 24.0 Å². The van der Waals surface area contributed by atoms with E-state index in [2.05, 4.69) is 14.8 Å².